The first-order valence-corrected chi connectivity index (χ1v) is 6.60. The van der Waals surface area contributed by atoms with Crippen molar-refractivity contribution >= 4 is 37.9 Å². The van der Waals surface area contributed by atoms with Crippen LogP contribution in [0.3, 0.4) is 0 Å². The Morgan fingerprint density at radius 1 is 1.16 bits per heavy atom. The van der Waals surface area contributed by atoms with Gasteiger partial charge in [-0.3, -0.25) is 4.79 Å². The lowest BCUT2D eigenvalue weighted by Crippen LogP contribution is -2.03. The number of aryl methyl sites for hydroxylation is 1. The van der Waals surface area contributed by atoms with Crippen molar-refractivity contribution < 1.29 is 9.15 Å². The van der Waals surface area contributed by atoms with Gasteiger partial charge in [-0.05, 0) is 42.8 Å². The van der Waals surface area contributed by atoms with Crippen molar-refractivity contribution in [2.45, 2.75) is 6.92 Å². The molecule has 3 rings (SSSR count). The van der Waals surface area contributed by atoms with Crippen molar-refractivity contribution in [3.05, 3.63) is 50.6 Å². The minimum Gasteiger partial charge on any atom is -0.497 e. The van der Waals surface area contributed by atoms with Gasteiger partial charge in [-0.25, -0.2) is 0 Å². The van der Waals surface area contributed by atoms with Crippen LogP contribution in [0.5, 0.6) is 5.75 Å². The fraction of sp³-hybridized carbons (Fsp3) is 0.133. The molecule has 96 valence electrons. The van der Waals surface area contributed by atoms with Crippen molar-refractivity contribution in [1.29, 1.82) is 0 Å². The lowest BCUT2D eigenvalue weighted by atomic mass is 10.1. The van der Waals surface area contributed by atoms with Gasteiger partial charge in [0, 0.05) is 4.47 Å². The Bertz CT molecular complexity index is 849. The third-order valence-electron chi connectivity index (χ3n) is 3.13. The lowest BCUT2D eigenvalue weighted by molar-refractivity contribution is 0.415. The molecule has 0 saturated carbocycles. The van der Waals surface area contributed by atoms with Crippen LogP contribution in [-0.2, 0) is 0 Å². The van der Waals surface area contributed by atoms with Gasteiger partial charge < -0.3 is 9.15 Å². The maximum absolute atomic E-state index is 12.5. The van der Waals surface area contributed by atoms with Crippen LogP contribution in [0.25, 0.3) is 21.9 Å². The molecule has 1 heterocycles. The number of hydrogen-bond donors (Lipinski definition) is 0. The van der Waals surface area contributed by atoms with Gasteiger partial charge >= 0.3 is 0 Å². The summed E-state index contributed by atoms with van der Waals surface area (Å²) >= 11 is 3.38. The molecule has 0 aliphatic heterocycles. The second kappa shape index (κ2) is 4.38. The molecular formula is C15H11BrO3. The average molecular weight is 319 g/mol. The number of fused-ring (bicyclic) bond motifs is 2. The second-order valence-corrected chi connectivity index (χ2v) is 5.31. The minimum absolute atomic E-state index is 0.0363. The molecule has 0 amide bonds. The molecule has 0 bridgehead atoms. The van der Waals surface area contributed by atoms with Crippen molar-refractivity contribution in [2.24, 2.45) is 0 Å². The Balaban J connectivity index is 2.53. The fourth-order valence-electron chi connectivity index (χ4n) is 2.19. The average Bonchev–Trinajstić information content (AvgIpc) is 2.39. The van der Waals surface area contributed by atoms with Crippen molar-refractivity contribution in [3.8, 4) is 5.75 Å². The number of hydrogen-bond acceptors (Lipinski definition) is 3. The predicted octanol–water partition coefficient (Wildman–Crippen LogP) is 4.03. The highest BCUT2D eigenvalue weighted by Crippen LogP contribution is 2.27. The van der Waals surface area contributed by atoms with Crippen molar-refractivity contribution in [3.63, 3.8) is 0 Å². The van der Waals surface area contributed by atoms with Gasteiger partial charge in [-0.1, -0.05) is 15.9 Å². The molecule has 3 nitrogen and oxygen atoms in total. The minimum atomic E-state index is -0.0363. The van der Waals surface area contributed by atoms with Gasteiger partial charge in [0.25, 0.3) is 0 Å². The van der Waals surface area contributed by atoms with Crippen LogP contribution in [-0.4, -0.2) is 7.11 Å². The number of halogens is 1. The molecule has 0 radical (unpaired) electrons. The van der Waals surface area contributed by atoms with E-state index in [4.69, 9.17) is 9.15 Å². The summed E-state index contributed by atoms with van der Waals surface area (Å²) < 4.78 is 11.9. The molecule has 0 aliphatic rings. The topological polar surface area (TPSA) is 39.4 Å². The smallest absolute Gasteiger partial charge is 0.200 e. The highest BCUT2D eigenvalue weighted by Gasteiger charge is 2.11. The molecule has 0 aliphatic carbocycles. The molecule has 3 aromatic rings. The molecule has 4 heteroatoms. The normalized spacial score (nSPS) is 11.1. The molecule has 0 atom stereocenters. The Morgan fingerprint density at radius 3 is 2.68 bits per heavy atom. The van der Waals surface area contributed by atoms with Gasteiger partial charge in [-0.15, -0.1) is 0 Å². The third-order valence-corrected chi connectivity index (χ3v) is 3.62. The van der Waals surface area contributed by atoms with Crippen LogP contribution in [0, 0.1) is 6.92 Å². The van der Waals surface area contributed by atoms with Gasteiger partial charge in [0.15, 0.2) is 0 Å². The fourth-order valence-corrected chi connectivity index (χ4v) is 2.53. The Hall–Kier alpha value is -1.81. The first-order valence-electron chi connectivity index (χ1n) is 5.81. The van der Waals surface area contributed by atoms with Crippen LogP contribution in [0.1, 0.15) is 5.56 Å². The third kappa shape index (κ3) is 1.92. The summed E-state index contributed by atoms with van der Waals surface area (Å²) in [4.78, 5) is 12.5. The summed E-state index contributed by atoms with van der Waals surface area (Å²) in [6.07, 6.45) is 0. The van der Waals surface area contributed by atoms with Gasteiger partial charge in [-0.2, -0.15) is 0 Å². The molecular weight excluding hydrogens is 308 g/mol. The SMILES string of the molecule is COc1cc(C)c2oc3cc(Br)ccc3c(=O)c2c1. The maximum Gasteiger partial charge on any atom is 0.200 e. The molecule has 0 fully saturated rings. The van der Waals surface area contributed by atoms with E-state index in [2.05, 4.69) is 15.9 Å². The van der Waals surface area contributed by atoms with Crippen LogP contribution in [0.4, 0.5) is 0 Å². The number of ether oxygens (including phenoxy) is 1. The van der Waals surface area contributed by atoms with E-state index in [1.165, 1.54) is 0 Å². The van der Waals surface area contributed by atoms with Crippen LogP contribution >= 0.6 is 15.9 Å². The second-order valence-electron chi connectivity index (χ2n) is 4.39. The quantitative estimate of drug-likeness (QED) is 0.636. The Morgan fingerprint density at radius 2 is 1.95 bits per heavy atom. The van der Waals surface area contributed by atoms with Gasteiger partial charge in [0.2, 0.25) is 5.43 Å². The van der Waals surface area contributed by atoms with Crippen LogP contribution in [0.2, 0.25) is 0 Å². The summed E-state index contributed by atoms with van der Waals surface area (Å²) in [5, 5.41) is 1.12. The molecule has 2 aromatic carbocycles. The zero-order valence-corrected chi connectivity index (χ0v) is 12.1. The van der Waals surface area contributed by atoms with E-state index >= 15 is 0 Å². The van der Waals surface area contributed by atoms with E-state index in [0.29, 0.717) is 27.7 Å². The lowest BCUT2D eigenvalue weighted by Gasteiger charge is -2.07. The highest BCUT2D eigenvalue weighted by atomic mass is 79.9. The number of benzene rings is 2. The van der Waals surface area contributed by atoms with Gasteiger partial charge in [0.05, 0.1) is 17.9 Å². The van der Waals surface area contributed by atoms with E-state index in [-0.39, 0.29) is 5.43 Å². The standard InChI is InChI=1S/C15H11BrO3/c1-8-5-10(18-2)7-12-14(17)11-4-3-9(16)6-13(11)19-15(8)12/h3-7H,1-2H3. The zero-order chi connectivity index (χ0) is 13.6. The maximum atomic E-state index is 12.5. The molecule has 0 spiro atoms. The Labute approximate surface area is 117 Å². The van der Waals surface area contributed by atoms with E-state index in [9.17, 15) is 4.79 Å². The summed E-state index contributed by atoms with van der Waals surface area (Å²) in [6.45, 7) is 1.90. The summed E-state index contributed by atoms with van der Waals surface area (Å²) in [5.74, 6) is 0.661. The van der Waals surface area contributed by atoms with Crippen molar-refractivity contribution in [1.82, 2.24) is 0 Å². The zero-order valence-electron chi connectivity index (χ0n) is 10.5. The summed E-state index contributed by atoms with van der Waals surface area (Å²) in [7, 11) is 1.58. The van der Waals surface area contributed by atoms with E-state index in [0.717, 1.165) is 10.0 Å². The first kappa shape index (κ1) is 12.2. The number of rotatable bonds is 1. The van der Waals surface area contributed by atoms with E-state index < -0.39 is 0 Å². The monoisotopic (exact) mass is 318 g/mol. The molecule has 19 heavy (non-hydrogen) atoms. The molecule has 0 saturated heterocycles. The molecule has 0 N–H and O–H groups in total. The Kier molecular flexibility index (Phi) is 2.82. The first-order chi connectivity index (χ1) is 9.10. The van der Waals surface area contributed by atoms with Gasteiger partial charge in [0.1, 0.15) is 16.9 Å². The van der Waals surface area contributed by atoms with E-state index in [1.807, 2.05) is 19.1 Å². The number of methoxy groups -OCH3 is 1. The van der Waals surface area contributed by atoms with Crippen LogP contribution in [0.15, 0.2) is 44.0 Å². The largest absolute Gasteiger partial charge is 0.497 e. The van der Waals surface area contributed by atoms with E-state index in [1.54, 1.807) is 25.3 Å². The molecule has 1 aromatic heterocycles. The van der Waals surface area contributed by atoms with Crippen LogP contribution < -0.4 is 10.2 Å². The predicted molar refractivity (Wildman–Crippen MR) is 79.0 cm³/mol. The summed E-state index contributed by atoms with van der Waals surface area (Å²) in [6, 6.07) is 8.97. The summed E-state index contributed by atoms with van der Waals surface area (Å²) in [5.41, 5.74) is 2.04. The van der Waals surface area contributed by atoms with Crippen molar-refractivity contribution in [2.75, 3.05) is 7.11 Å². The highest BCUT2D eigenvalue weighted by molar-refractivity contribution is 9.10. The molecule has 0 unspecified atom stereocenters.